The van der Waals surface area contributed by atoms with E-state index in [1.54, 1.807) is 20.8 Å². The van der Waals surface area contributed by atoms with E-state index in [2.05, 4.69) is 15.8 Å². The maximum Gasteiger partial charge on any atom is 0.407 e. The van der Waals surface area contributed by atoms with Crippen molar-refractivity contribution in [2.45, 2.75) is 32.8 Å². The fourth-order valence-electron chi connectivity index (χ4n) is 2.09. The Morgan fingerprint density at radius 2 is 2.00 bits per heavy atom. The van der Waals surface area contributed by atoms with Crippen LogP contribution in [0, 0.1) is 0 Å². The number of carbonyl (C=O) groups excluding carboxylic acids is 2. The van der Waals surface area contributed by atoms with Crippen molar-refractivity contribution in [1.29, 1.82) is 0 Å². The molecule has 0 fully saturated rings. The molecule has 2 rings (SSSR count). The summed E-state index contributed by atoms with van der Waals surface area (Å²) in [6.45, 7) is 5.28. The first-order chi connectivity index (χ1) is 13.1. The smallest absolute Gasteiger partial charge is 0.407 e. The topological polar surface area (TPSA) is 110 Å². The molecule has 1 heterocycles. The molecule has 10 heteroatoms. The number of carbonyl (C=O) groups is 2. The van der Waals surface area contributed by atoms with Gasteiger partial charge < -0.3 is 14.5 Å². The minimum absolute atomic E-state index is 0.0197. The molecular formula is C18H19Cl2N3O5. The van der Waals surface area contributed by atoms with E-state index in [1.807, 2.05) is 0 Å². The monoisotopic (exact) mass is 427 g/mol. The van der Waals surface area contributed by atoms with E-state index in [1.165, 1.54) is 18.4 Å². The molecule has 0 unspecified atom stereocenters. The molecule has 0 saturated carbocycles. The van der Waals surface area contributed by atoms with E-state index in [0.29, 0.717) is 5.02 Å². The van der Waals surface area contributed by atoms with Crippen LogP contribution in [-0.2, 0) is 9.53 Å². The summed E-state index contributed by atoms with van der Waals surface area (Å²) < 4.78 is 10.4. The lowest BCUT2D eigenvalue weighted by atomic mass is 10.2. The Balaban J connectivity index is 1.92. The molecule has 0 bridgehead atoms. The van der Waals surface area contributed by atoms with Crippen LogP contribution < -0.4 is 16.2 Å². The van der Waals surface area contributed by atoms with Crippen LogP contribution in [0.2, 0.25) is 10.0 Å². The molecule has 1 aromatic heterocycles. The zero-order valence-electron chi connectivity index (χ0n) is 15.5. The van der Waals surface area contributed by atoms with Crippen molar-refractivity contribution in [3.05, 3.63) is 44.2 Å². The molecule has 0 aliphatic heterocycles. The van der Waals surface area contributed by atoms with Crippen molar-refractivity contribution in [3.8, 4) is 0 Å². The fraction of sp³-hybridized carbons (Fsp3) is 0.333. The molecule has 2 aromatic rings. The molecule has 28 heavy (non-hydrogen) atoms. The Hall–Kier alpha value is -2.58. The van der Waals surface area contributed by atoms with Gasteiger partial charge in [0.1, 0.15) is 11.9 Å². The lowest BCUT2D eigenvalue weighted by molar-refractivity contribution is -0.120. The summed E-state index contributed by atoms with van der Waals surface area (Å²) in [6, 6.07) is 2.90. The number of fused-ring (bicyclic) bond motifs is 1. The molecule has 150 valence electrons. The van der Waals surface area contributed by atoms with Gasteiger partial charge in [-0.2, -0.15) is 5.10 Å². The average Bonchev–Trinajstić information content (AvgIpc) is 2.55. The molecule has 0 aliphatic rings. The lowest BCUT2D eigenvalue weighted by Gasteiger charge is -2.19. The Morgan fingerprint density at radius 3 is 2.68 bits per heavy atom. The van der Waals surface area contributed by atoms with E-state index in [-0.39, 0.29) is 34.5 Å². The first-order valence-electron chi connectivity index (χ1n) is 8.26. The van der Waals surface area contributed by atoms with Gasteiger partial charge >= 0.3 is 6.09 Å². The lowest BCUT2D eigenvalue weighted by Crippen LogP contribution is -2.34. The summed E-state index contributed by atoms with van der Waals surface area (Å²) >= 11 is 11.9. The number of hydrogen-bond donors (Lipinski definition) is 2. The summed E-state index contributed by atoms with van der Waals surface area (Å²) in [6.07, 6.45) is 1.70. The Morgan fingerprint density at radius 1 is 1.29 bits per heavy atom. The van der Waals surface area contributed by atoms with Gasteiger partial charge in [-0.15, -0.1) is 0 Å². The van der Waals surface area contributed by atoms with Crippen molar-refractivity contribution in [3.63, 3.8) is 0 Å². The Labute approximate surface area is 170 Å². The largest absolute Gasteiger partial charge is 0.462 e. The quantitative estimate of drug-likeness (QED) is 0.560. The normalized spacial score (nSPS) is 11.6. The molecule has 1 aromatic carbocycles. The molecular weight excluding hydrogens is 409 g/mol. The SMILES string of the molecule is CC(C)(C)OC(=O)NCCC(=O)NN=Cc1coc2c(Cl)cc(Cl)cc2c1=O. The van der Waals surface area contributed by atoms with Crippen molar-refractivity contribution < 1.29 is 18.7 Å². The van der Waals surface area contributed by atoms with Crippen LogP contribution in [0.1, 0.15) is 32.8 Å². The predicted molar refractivity (Wildman–Crippen MR) is 107 cm³/mol. The van der Waals surface area contributed by atoms with Gasteiger partial charge in [0.2, 0.25) is 11.3 Å². The number of nitrogens with zero attached hydrogens (tertiary/aromatic N) is 1. The summed E-state index contributed by atoms with van der Waals surface area (Å²) in [4.78, 5) is 35.6. The van der Waals surface area contributed by atoms with Crippen LogP contribution in [0.5, 0.6) is 0 Å². The second-order valence-corrected chi connectivity index (χ2v) is 7.60. The maximum atomic E-state index is 12.4. The van der Waals surface area contributed by atoms with E-state index >= 15 is 0 Å². The highest BCUT2D eigenvalue weighted by molar-refractivity contribution is 6.38. The van der Waals surface area contributed by atoms with Crippen molar-refractivity contribution in [2.24, 2.45) is 5.10 Å². The Bertz CT molecular complexity index is 980. The van der Waals surface area contributed by atoms with Gasteiger partial charge in [-0.25, -0.2) is 10.2 Å². The predicted octanol–water partition coefficient (Wildman–Crippen LogP) is 3.46. The number of benzene rings is 1. The van der Waals surface area contributed by atoms with Crippen LogP contribution in [0.3, 0.4) is 0 Å². The highest BCUT2D eigenvalue weighted by Gasteiger charge is 2.16. The van der Waals surface area contributed by atoms with Gasteiger partial charge in [-0.05, 0) is 32.9 Å². The van der Waals surface area contributed by atoms with Gasteiger partial charge in [0.15, 0.2) is 5.58 Å². The summed E-state index contributed by atoms with van der Waals surface area (Å²) in [5.41, 5.74) is 1.57. The summed E-state index contributed by atoms with van der Waals surface area (Å²) in [5.74, 6) is -0.455. The van der Waals surface area contributed by atoms with Crippen LogP contribution in [0.25, 0.3) is 11.0 Å². The van der Waals surface area contributed by atoms with Gasteiger partial charge in [0.25, 0.3) is 0 Å². The van der Waals surface area contributed by atoms with Crippen LogP contribution in [0.4, 0.5) is 4.79 Å². The second kappa shape index (κ2) is 9.07. The second-order valence-electron chi connectivity index (χ2n) is 6.76. The molecule has 8 nitrogen and oxygen atoms in total. The molecule has 0 spiro atoms. The van der Waals surface area contributed by atoms with Gasteiger partial charge in [0.05, 0.1) is 22.2 Å². The number of nitrogens with one attached hydrogen (secondary N) is 2. The summed E-state index contributed by atoms with van der Waals surface area (Å²) in [5, 5.41) is 6.89. The number of halogens is 2. The van der Waals surface area contributed by atoms with Crippen LogP contribution in [0.15, 0.2) is 32.7 Å². The highest BCUT2D eigenvalue weighted by Crippen LogP contribution is 2.26. The van der Waals surface area contributed by atoms with Crippen molar-refractivity contribution >= 4 is 52.4 Å². The number of rotatable bonds is 5. The minimum Gasteiger partial charge on any atom is -0.462 e. The average molecular weight is 428 g/mol. The third kappa shape index (κ3) is 6.24. The van der Waals surface area contributed by atoms with E-state index < -0.39 is 23.0 Å². The molecule has 0 saturated heterocycles. The summed E-state index contributed by atoms with van der Waals surface area (Å²) in [7, 11) is 0. The van der Waals surface area contributed by atoms with E-state index in [4.69, 9.17) is 32.4 Å². The van der Waals surface area contributed by atoms with Crippen LogP contribution in [-0.4, -0.2) is 30.4 Å². The number of hydrogen-bond acceptors (Lipinski definition) is 6. The zero-order chi connectivity index (χ0) is 20.9. The maximum absolute atomic E-state index is 12.4. The first kappa shape index (κ1) is 21.7. The fourth-order valence-corrected chi connectivity index (χ4v) is 2.63. The minimum atomic E-state index is -0.619. The number of hydrazone groups is 1. The van der Waals surface area contributed by atoms with Gasteiger partial charge in [-0.3, -0.25) is 9.59 Å². The highest BCUT2D eigenvalue weighted by atomic mass is 35.5. The van der Waals surface area contributed by atoms with E-state index in [0.717, 1.165) is 6.21 Å². The third-order valence-electron chi connectivity index (χ3n) is 3.23. The standard InChI is InChI=1S/C18H19Cl2N3O5/c1-18(2,3)28-17(26)21-5-4-14(24)23-22-8-10-9-27-16-12(15(10)25)6-11(19)7-13(16)20/h6-9H,4-5H2,1-3H3,(H,21,26)(H,23,24). The van der Waals surface area contributed by atoms with Crippen molar-refractivity contribution in [1.82, 2.24) is 10.7 Å². The zero-order valence-corrected chi connectivity index (χ0v) is 17.0. The van der Waals surface area contributed by atoms with E-state index in [9.17, 15) is 14.4 Å². The number of alkyl carbamates (subject to hydrolysis) is 1. The first-order valence-corrected chi connectivity index (χ1v) is 9.02. The molecule has 2 amide bonds. The molecule has 0 aliphatic carbocycles. The molecule has 0 atom stereocenters. The van der Waals surface area contributed by atoms with Crippen LogP contribution >= 0.6 is 23.2 Å². The third-order valence-corrected chi connectivity index (χ3v) is 3.73. The number of ether oxygens (including phenoxy) is 1. The molecule has 2 N–H and O–H groups in total. The van der Waals surface area contributed by atoms with Crippen molar-refractivity contribution in [2.75, 3.05) is 6.54 Å². The van der Waals surface area contributed by atoms with Gasteiger partial charge in [0, 0.05) is 18.0 Å². The Kier molecular flexibility index (Phi) is 7.04. The number of amides is 2. The van der Waals surface area contributed by atoms with Gasteiger partial charge in [-0.1, -0.05) is 23.2 Å². The molecule has 0 radical (unpaired) electrons.